The van der Waals surface area contributed by atoms with E-state index in [0.717, 1.165) is 5.56 Å². The van der Waals surface area contributed by atoms with Gasteiger partial charge in [0.15, 0.2) is 6.23 Å². The summed E-state index contributed by atoms with van der Waals surface area (Å²) in [4.78, 5) is 42.3. The standard InChI is InChI=1S/C23H32ClN3O5/c1-23(2,3)32-22(30)27-11-9-17(10-12-27)19(28)25-13-15-26(16-14-25)20(31-21(24)29)18-7-5-4-6-8-18/h4-8,17,20H,9-16H2,1-3H3. The van der Waals surface area contributed by atoms with Crippen molar-refractivity contribution in [3.05, 3.63) is 35.9 Å². The Labute approximate surface area is 194 Å². The molecular formula is C23H32ClN3O5. The van der Waals surface area contributed by atoms with Gasteiger partial charge in [-0.1, -0.05) is 30.3 Å². The van der Waals surface area contributed by atoms with Crippen LogP contribution in [0, 0.1) is 5.92 Å². The number of piperidine rings is 1. The van der Waals surface area contributed by atoms with E-state index in [2.05, 4.69) is 0 Å². The van der Waals surface area contributed by atoms with E-state index in [0.29, 0.717) is 52.1 Å². The minimum atomic E-state index is -0.853. The number of hydrogen-bond donors (Lipinski definition) is 0. The summed E-state index contributed by atoms with van der Waals surface area (Å²) < 4.78 is 10.8. The minimum Gasteiger partial charge on any atom is -0.444 e. The van der Waals surface area contributed by atoms with Crippen molar-refractivity contribution in [2.75, 3.05) is 39.3 Å². The molecule has 1 unspecified atom stereocenters. The van der Waals surface area contributed by atoms with Crippen LogP contribution < -0.4 is 0 Å². The first-order chi connectivity index (χ1) is 15.1. The molecule has 2 fully saturated rings. The van der Waals surface area contributed by atoms with Crippen LogP contribution in [0.2, 0.25) is 0 Å². The van der Waals surface area contributed by atoms with Crippen LogP contribution in [0.5, 0.6) is 0 Å². The monoisotopic (exact) mass is 465 g/mol. The molecule has 2 amide bonds. The first-order valence-electron chi connectivity index (χ1n) is 11.1. The molecule has 0 aromatic heterocycles. The summed E-state index contributed by atoms with van der Waals surface area (Å²) in [5.41, 5.74) is -0.538. The summed E-state index contributed by atoms with van der Waals surface area (Å²) in [6, 6.07) is 9.44. The average molecular weight is 466 g/mol. The molecule has 1 aromatic rings. The summed E-state index contributed by atoms with van der Waals surface area (Å²) in [5, 5.41) is 0. The summed E-state index contributed by atoms with van der Waals surface area (Å²) in [5.74, 6) is 0.0323. The number of benzene rings is 1. The number of hydrogen-bond acceptors (Lipinski definition) is 6. The number of halogens is 1. The summed E-state index contributed by atoms with van der Waals surface area (Å²) in [7, 11) is 0. The molecule has 3 rings (SSSR count). The Bertz CT molecular complexity index is 798. The molecule has 176 valence electrons. The van der Waals surface area contributed by atoms with Gasteiger partial charge in [0.2, 0.25) is 5.91 Å². The number of carbonyl (C=O) groups excluding carboxylic acids is 3. The van der Waals surface area contributed by atoms with Crippen molar-refractivity contribution in [2.45, 2.75) is 45.4 Å². The van der Waals surface area contributed by atoms with Gasteiger partial charge in [0.25, 0.3) is 0 Å². The highest BCUT2D eigenvalue weighted by Crippen LogP contribution is 2.26. The molecule has 0 saturated carbocycles. The van der Waals surface area contributed by atoms with Crippen molar-refractivity contribution in [1.82, 2.24) is 14.7 Å². The van der Waals surface area contributed by atoms with E-state index < -0.39 is 17.3 Å². The second kappa shape index (κ2) is 10.5. The number of amides is 2. The second-order valence-electron chi connectivity index (χ2n) is 9.22. The Morgan fingerprint density at radius 3 is 2.06 bits per heavy atom. The highest BCUT2D eigenvalue weighted by Gasteiger charge is 2.34. The fourth-order valence-electron chi connectivity index (χ4n) is 4.13. The number of carbonyl (C=O) groups is 3. The van der Waals surface area contributed by atoms with Gasteiger partial charge in [0, 0.05) is 62.4 Å². The third-order valence-electron chi connectivity index (χ3n) is 5.74. The highest BCUT2D eigenvalue weighted by atomic mass is 35.5. The van der Waals surface area contributed by atoms with Crippen molar-refractivity contribution in [3.8, 4) is 0 Å². The van der Waals surface area contributed by atoms with Crippen LogP contribution in [0.4, 0.5) is 9.59 Å². The zero-order chi connectivity index (χ0) is 23.3. The van der Waals surface area contributed by atoms with E-state index in [4.69, 9.17) is 21.1 Å². The van der Waals surface area contributed by atoms with Crippen molar-refractivity contribution in [1.29, 1.82) is 0 Å². The lowest BCUT2D eigenvalue weighted by molar-refractivity contribution is -0.140. The fraction of sp³-hybridized carbons (Fsp3) is 0.609. The maximum atomic E-state index is 13.0. The molecule has 0 bridgehead atoms. The van der Waals surface area contributed by atoms with Gasteiger partial charge in [0.1, 0.15) is 5.60 Å². The maximum absolute atomic E-state index is 13.0. The zero-order valence-electron chi connectivity index (χ0n) is 19.0. The minimum absolute atomic E-state index is 0.0918. The molecule has 2 heterocycles. The van der Waals surface area contributed by atoms with Gasteiger partial charge >= 0.3 is 11.5 Å². The van der Waals surface area contributed by atoms with Crippen molar-refractivity contribution in [2.24, 2.45) is 5.92 Å². The van der Waals surface area contributed by atoms with Crippen LogP contribution in [0.25, 0.3) is 0 Å². The van der Waals surface area contributed by atoms with E-state index in [9.17, 15) is 14.4 Å². The van der Waals surface area contributed by atoms with Crippen LogP contribution in [0.3, 0.4) is 0 Å². The summed E-state index contributed by atoms with van der Waals surface area (Å²) in [6.07, 6.45) is 0.372. The van der Waals surface area contributed by atoms with Crippen LogP contribution in [0.1, 0.15) is 45.4 Å². The van der Waals surface area contributed by atoms with E-state index in [1.807, 2.05) is 60.9 Å². The van der Waals surface area contributed by atoms with Crippen LogP contribution in [-0.2, 0) is 14.3 Å². The molecule has 2 saturated heterocycles. The Hall–Kier alpha value is -2.32. The van der Waals surface area contributed by atoms with Gasteiger partial charge in [-0.25, -0.2) is 9.59 Å². The number of nitrogens with zero attached hydrogens (tertiary/aromatic N) is 3. The van der Waals surface area contributed by atoms with E-state index >= 15 is 0 Å². The van der Waals surface area contributed by atoms with Gasteiger partial charge in [-0.3, -0.25) is 9.69 Å². The Balaban J connectivity index is 1.51. The Morgan fingerprint density at radius 1 is 0.938 bits per heavy atom. The highest BCUT2D eigenvalue weighted by molar-refractivity contribution is 6.61. The molecule has 2 aliphatic heterocycles. The third-order valence-corrected chi connectivity index (χ3v) is 5.83. The Kier molecular flexibility index (Phi) is 8.00. The average Bonchev–Trinajstić information content (AvgIpc) is 2.76. The van der Waals surface area contributed by atoms with Crippen LogP contribution >= 0.6 is 11.6 Å². The van der Waals surface area contributed by atoms with Gasteiger partial charge in [0.05, 0.1) is 0 Å². The SMILES string of the molecule is CC(C)(C)OC(=O)N1CCC(C(=O)N2CCN(C(OC(=O)Cl)c3ccccc3)CC2)CC1. The van der Waals surface area contributed by atoms with Crippen molar-refractivity contribution < 1.29 is 23.9 Å². The fourth-order valence-corrected chi connectivity index (χ4v) is 4.21. The summed E-state index contributed by atoms with van der Waals surface area (Å²) in [6.45, 7) is 8.83. The zero-order valence-corrected chi connectivity index (χ0v) is 19.7. The summed E-state index contributed by atoms with van der Waals surface area (Å²) >= 11 is 5.50. The third kappa shape index (κ3) is 6.59. The van der Waals surface area contributed by atoms with Crippen molar-refractivity contribution in [3.63, 3.8) is 0 Å². The normalized spacial score (nSPS) is 19.4. The number of piperazine rings is 1. The van der Waals surface area contributed by atoms with E-state index in [-0.39, 0.29) is 17.9 Å². The molecule has 2 aliphatic rings. The molecule has 32 heavy (non-hydrogen) atoms. The first kappa shape index (κ1) is 24.3. The van der Waals surface area contributed by atoms with E-state index in [1.165, 1.54) is 0 Å². The molecule has 1 atom stereocenters. The number of likely N-dealkylation sites (tertiary alicyclic amines) is 1. The lowest BCUT2D eigenvalue weighted by Gasteiger charge is -2.40. The van der Waals surface area contributed by atoms with Crippen LogP contribution in [0.15, 0.2) is 30.3 Å². The number of rotatable bonds is 4. The molecule has 9 heteroatoms. The molecule has 0 aliphatic carbocycles. The molecule has 0 radical (unpaired) electrons. The predicted molar refractivity (Wildman–Crippen MR) is 120 cm³/mol. The van der Waals surface area contributed by atoms with Gasteiger partial charge in [-0.2, -0.15) is 0 Å². The molecule has 0 N–H and O–H groups in total. The van der Waals surface area contributed by atoms with Gasteiger partial charge in [-0.15, -0.1) is 0 Å². The smallest absolute Gasteiger partial charge is 0.410 e. The molecule has 0 spiro atoms. The predicted octanol–water partition coefficient (Wildman–Crippen LogP) is 3.85. The topological polar surface area (TPSA) is 79.4 Å². The second-order valence-corrected chi connectivity index (χ2v) is 9.53. The Morgan fingerprint density at radius 2 is 1.53 bits per heavy atom. The van der Waals surface area contributed by atoms with Gasteiger partial charge < -0.3 is 19.3 Å². The van der Waals surface area contributed by atoms with Gasteiger partial charge in [-0.05, 0) is 33.6 Å². The molecular weight excluding hydrogens is 434 g/mol. The first-order valence-corrected chi connectivity index (χ1v) is 11.4. The van der Waals surface area contributed by atoms with E-state index in [1.54, 1.807) is 4.90 Å². The largest absolute Gasteiger partial charge is 0.444 e. The molecule has 8 nitrogen and oxygen atoms in total. The molecule has 1 aromatic carbocycles. The van der Waals surface area contributed by atoms with Crippen molar-refractivity contribution >= 4 is 29.0 Å². The number of ether oxygens (including phenoxy) is 2. The lowest BCUT2D eigenvalue weighted by Crippen LogP contribution is -2.53. The van der Waals surface area contributed by atoms with Crippen LogP contribution in [-0.4, -0.2) is 77.0 Å². The quantitative estimate of drug-likeness (QED) is 0.628. The maximum Gasteiger partial charge on any atom is 0.410 e. The lowest BCUT2D eigenvalue weighted by atomic mass is 9.95.